The summed E-state index contributed by atoms with van der Waals surface area (Å²) in [5, 5.41) is 30.4. The molecule has 0 fully saturated rings. The quantitative estimate of drug-likeness (QED) is 0.476. The average molecular weight is 439 g/mol. The molecule has 0 saturated heterocycles. The van der Waals surface area contributed by atoms with Crippen molar-refractivity contribution < 1.29 is 29.6 Å². The lowest BCUT2D eigenvalue weighted by atomic mass is 9.93. The van der Waals surface area contributed by atoms with Crippen LogP contribution in [0.15, 0.2) is 47.6 Å². The Kier molecular flexibility index (Phi) is 7.13. The first-order chi connectivity index (χ1) is 15.2. The molecule has 170 valence electrons. The van der Waals surface area contributed by atoms with Crippen LogP contribution in [0.25, 0.3) is 0 Å². The van der Waals surface area contributed by atoms with Crippen molar-refractivity contribution >= 4 is 5.78 Å². The molecule has 6 nitrogen and oxygen atoms in total. The fraction of sp³-hybridized carbons (Fsp3) is 0.346. The number of ether oxygens (including phenoxy) is 2. The van der Waals surface area contributed by atoms with Gasteiger partial charge in [-0.3, -0.25) is 4.79 Å². The normalized spacial score (nSPS) is 15.7. The molecule has 0 amide bonds. The Morgan fingerprint density at radius 2 is 1.84 bits per heavy atom. The van der Waals surface area contributed by atoms with Gasteiger partial charge in [0, 0.05) is 23.8 Å². The molecule has 1 atom stereocenters. The number of phenolic OH excluding ortho intramolecular Hbond substituents is 3. The second-order valence-corrected chi connectivity index (χ2v) is 8.37. The van der Waals surface area contributed by atoms with Crippen molar-refractivity contribution in [2.45, 2.75) is 52.6 Å². The number of hydrogen-bond acceptors (Lipinski definition) is 6. The zero-order chi connectivity index (χ0) is 23.4. The summed E-state index contributed by atoms with van der Waals surface area (Å²) in [7, 11) is 1.55. The fourth-order valence-corrected chi connectivity index (χ4v) is 3.81. The molecule has 32 heavy (non-hydrogen) atoms. The van der Waals surface area contributed by atoms with Crippen LogP contribution in [0.3, 0.4) is 0 Å². The second kappa shape index (κ2) is 9.81. The standard InChI is InChI=1S/C26H30O6/c1-15(2)6-5-7-16(3)8-9-17-10-19(20(28)13-23(17)31-4)24-14-22(30)26-21(29)11-18(27)12-25(26)32-24/h6,8,10-13,24,27-29H,5,7,9,14H2,1-4H3/b16-8+/t24-/m0/s1. The summed E-state index contributed by atoms with van der Waals surface area (Å²) in [4.78, 5) is 12.6. The molecule has 1 heterocycles. The third kappa shape index (κ3) is 5.25. The smallest absolute Gasteiger partial charge is 0.174 e. The van der Waals surface area contributed by atoms with Crippen molar-refractivity contribution in [3.05, 3.63) is 64.3 Å². The molecule has 0 aromatic heterocycles. The van der Waals surface area contributed by atoms with Gasteiger partial charge < -0.3 is 24.8 Å². The number of carbonyl (C=O) groups is 1. The van der Waals surface area contributed by atoms with Gasteiger partial charge in [-0.15, -0.1) is 0 Å². The summed E-state index contributed by atoms with van der Waals surface area (Å²) in [5.41, 5.74) is 3.92. The summed E-state index contributed by atoms with van der Waals surface area (Å²) in [6.45, 7) is 6.26. The van der Waals surface area contributed by atoms with Gasteiger partial charge in [0.25, 0.3) is 0 Å². The summed E-state index contributed by atoms with van der Waals surface area (Å²) in [5.74, 6) is -0.242. The first-order valence-electron chi connectivity index (χ1n) is 10.6. The van der Waals surface area contributed by atoms with Crippen molar-refractivity contribution in [1.29, 1.82) is 0 Å². The predicted octanol–water partition coefficient (Wildman–Crippen LogP) is 5.75. The molecule has 0 radical (unpaired) electrons. The maximum absolute atomic E-state index is 12.6. The van der Waals surface area contributed by atoms with E-state index in [2.05, 4.69) is 32.9 Å². The van der Waals surface area contributed by atoms with Crippen LogP contribution >= 0.6 is 0 Å². The Bertz CT molecular complexity index is 1080. The van der Waals surface area contributed by atoms with E-state index in [4.69, 9.17) is 9.47 Å². The highest BCUT2D eigenvalue weighted by Gasteiger charge is 2.32. The van der Waals surface area contributed by atoms with E-state index in [1.165, 1.54) is 23.3 Å². The summed E-state index contributed by atoms with van der Waals surface area (Å²) in [6, 6.07) is 5.72. The number of phenols is 3. The number of allylic oxidation sites excluding steroid dienone is 4. The van der Waals surface area contributed by atoms with Gasteiger partial charge >= 0.3 is 0 Å². The van der Waals surface area contributed by atoms with Crippen molar-refractivity contribution in [3.8, 4) is 28.7 Å². The molecular formula is C26H30O6. The first kappa shape index (κ1) is 23.3. The number of fused-ring (bicyclic) bond motifs is 1. The first-order valence-corrected chi connectivity index (χ1v) is 10.6. The molecule has 3 N–H and O–H groups in total. The topological polar surface area (TPSA) is 96.2 Å². The van der Waals surface area contributed by atoms with Gasteiger partial charge in [-0.2, -0.15) is 0 Å². The lowest BCUT2D eigenvalue weighted by molar-refractivity contribution is 0.0842. The number of carbonyl (C=O) groups excluding carboxylic acids is 1. The van der Waals surface area contributed by atoms with Crippen LogP contribution in [-0.4, -0.2) is 28.2 Å². The highest BCUT2D eigenvalue weighted by atomic mass is 16.5. The van der Waals surface area contributed by atoms with Crippen molar-refractivity contribution in [2.24, 2.45) is 0 Å². The maximum Gasteiger partial charge on any atom is 0.174 e. The fourth-order valence-electron chi connectivity index (χ4n) is 3.81. The van der Waals surface area contributed by atoms with Crippen molar-refractivity contribution in [3.63, 3.8) is 0 Å². The average Bonchev–Trinajstić information content (AvgIpc) is 2.71. The number of rotatable bonds is 7. The van der Waals surface area contributed by atoms with Crippen LogP contribution in [0.4, 0.5) is 0 Å². The van der Waals surface area contributed by atoms with E-state index >= 15 is 0 Å². The zero-order valence-corrected chi connectivity index (χ0v) is 18.9. The predicted molar refractivity (Wildman–Crippen MR) is 123 cm³/mol. The van der Waals surface area contributed by atoms with Crippen LogP contribution in [0.5, 0.6) is 28.7 Å². The highest BCUT2D eigenvalue weighted by molar-refractivity contribution is 6.02. The number of methoxy groups -OCH3 is 1. The Balaban J connectivity index is 1.88. The van der Waals surface area contributed by atoms with Crippen molar-refractivity contribution in [1.82, 2.24) is 0 Å². The van der Waals surface area contributed by atoms with Crippen LogP contribution < -0.4 is 9.47 Å². The molecule has 1 aliphatic rings. The monoisotopic (exact) mass is 438 g/mol. The number of hydrogen-bond donors (Lipinski definition) is 3. The molecule has 0 spiro atoms. The minimum absolute atomic E-state index is 0.0394. The third-order valence-corrected chi connectivity index (χ3v) is 5.52. The molecule has 2 aromatic carbocycles. The Labute approximate surface area is 188 Å². The van der Waals surface area contributed by atoms with Crippen LogP contribution in [-0.2, 0) is 6.42 Å². The molecule has 3 rings (SSSR count). The van der Waals surface area contributed by atoms with Crippen LogP contribution in [0.2, 0.25) is 0 Å². The minimum atomic E-state index is -0.747. The van der Waals surface area contributed by atoms with E-state index in [1.54, 1.807) is 13.2 Å². The van der Waals surface area contributed by atoms with Gasteiger partial charge in [-0.05, 0) is 51.7 Å². The molecule has 0 saturated carbocycles. The zero-order valence-electron chi connectivity index (χ0n) is 18.9. The van der Waals surface area contributed by atoms with E-state index in [0.29, 0.717) is 17.7 Å². The van der Waals surface area contributed by atoms with Gasteiger partial charge in [0.1, 0.15) is 40.4 Å². The van der Waals surface area contributed by atoms with Gasteiger partial charge in [0.05, 0.1) is 13.5 Å². The molecule has 0 aliphatic carbocycles. The lowest BCUT2D eigenvalue weighted by Gasteiger charge is -2.27. The van der Waals surface area contributed by atoms with E-state index in [9.17, 15) is 20.1 Å². The molecule has 1 aliphatic heterocycles. The lowest BCUT2D eigenvalue weighted by Crippen LogP contribution is -2.20. The maximum atomic E-state index is 12.6. The Hall–Kier alpha value is -3.41. The SMILES string of the molecule is COc1cc(O)c([C@@H]2CC(=O)c3c(O)cc(O)cc3O2)cc1C/C=C(\C)CCC=C(C)C. The minimum Gasteiger partial charge on any atom is -0.508 e. The summed E-state index contributed by atoms with van der Waals surface area (Å²) < 4.78 is 11.3. The molecule has 6 heteroatoms. The van der Waals surface area contributed by atoms with E-state index in [0.717, 1.165) is 24.5 Å². The Morgan fingerprint density at radius 3 is 2.53 bits per heavy atom. The number of ketones is 1. The third-order valence-electron chi connectivity index (χ3n) is 5.52. The number of aromatic hydroxyl groups is 3. The van der Waals surface area contributed by atoms with Crippen LogP contribution in [0, 0.1) is 0 Å². The van der Waals surface area contributed by atoms with E-state index in [1.807, 2.05) is 0 Å². The van der Waals surface area contributed by atoms with Gasteiger partial charge in [-0.25, -0.2) is 0 Å². The van der Waals surface area contributed by atoms with E-state index < -0.39 is 6.10 Å². The number of Topliss-reactive ketones (excluding diaryl/α,β-unsaturated/α-hetero) is 1. The van der Waals surface area contributed by atoms with Crippen molar-refractivity contribution in [2.75, 3.05) is 7.11 Å². The Morgan fingerprint density at radius 1 is 1.09 bits per heavy atom. The van der Waals surface area contributed by atoms with E-state index in [-0.39, 0.29) is 40.8 Å². The van der Waals surface area contributed by atoms with Gasteiger partial charge in [0.15, 0.2) is 5.78 Å². The van der Waals surface area contributed by atoms with Gasteiger partial charge in [-0.1, -0.05) is 23.3 Å². The largest absolute Gasteiger partial charge is 0.508 e. The number of benzene rings is 2. The molecule has 0 bridgehead atoms. The van der Waals surface area contributed by atoms with Gasteiger partial charge in [0.2, 0.25) is 0 Å². The molecule has 2 aromatic rings. The highest BCUT2D eigenvalue weighted by Crippen LogP contribution is 2.44. The van der Waals surface area contributed by atoms with Crippen LogP contribution in [0.1, 0.15) is 67.6 Å². The summed E-state index contributed by atoms with van der Waals surface area (Å²) >= 11 is 0. The summed E-state index contributed by atoms with van der Waals surface area (Å²) in [6.07, 6.45) is 6.11. The second-order valence-electron chi connectivity index (χ2n) is 8.37. The molecule has 0 unspecified atom stereocenters. The molecular weight excluding hydrogens is 408 g/mol.